The van der Waals surface area contributed by atoms with E-state index in [1.807, 2.05) is 12.1 Å². The molecule has 20 heavy (non-hydrogen) atoms. The van der Waals surface area contributed by atoms with Crippen molar-refractivity contribution in [3.8, 4) is 5.75 Å². The third-order valence-electron chi connectivity index (χ3n) is 3.27. The number of rotatable bonds is 4. The Morgan fingerprint density at radius 2 is 2.15 bits per heavy atom. The smallest absolute Gasteiger partial charge is 0.315 e. The van der Waals surface area contributed by atoms with E-state index in [4.69, 9.17) is 10.5 Å². The van der Waals surface area contributed by atoms with E-state index in [9.17, 15) is 9.59 Å². The molecular formula is C13H18N4O3. The zero-order chi connectivity index (χ0) is 14.5. The van der Waals surface area contributed by atoms with Gasteiger partial charge in [0.25, 0.3) is 5.91 Å². The Labute approximate surface area is 117 Å². The fraction of sp³-hybridized carbons (Fsp3) is 0.385. The van der Waals surface area contributed by atoms with Gasteiger partial charge in [0.1, 0.15) is 11.8 Å². The molecule has 0 bridgehead atoms. The van der Waals surface area contributed by atoms with Crippen molar-refractivity contribution in [1.29, 1.82) is 0 Å². The third-order valence-corrected chi connectivity index (χ3v) is 3.27. The number of hydrazine groups is 1. The number of benzene rings is 1. The summed E-state index contributed by atoms with van der Waals surface area (Å²) in [6.45, 7) is 0.516. The summed E-state index contributed by atoms with van der Waals surface area (Å²) in [4.78, 5) is 24.7. The van der Waals surface area contributed by atoms with E-state index in [1.54, 1.807) is 19.2 Å². The largest absolute Gasteiger partial charge is 0.495 e. The van der Waals surface area contributed by atoms with Gasteiger partial charge in [0.05, 0.1) is 12.8 Å². The molecule has 108 valence electrons. The minimum Gasteiger partial charge on any atom is -0.495 e. The molecule has 3 amide bonds. The number of nitrogens with two attached hydrogens (primary N) is 1. The molecule has 1 aliphatic heterocycles. The van der Waals surface area contributed by atoms with Crippen LogP contribution in [0.4, 0.5) is 10.5 Å². The second-order valence-electron chi connectivity index (χ2n) is 4.50. The standard InChI is InChI=1S/C13H18N4O3/c1-20-11-7-3-2-5-9(11)15-16-12(18)10-6-4-8-17(10)13(14)19/h2-3,5,7,10,15H,4,6,8H2,1H3,(H2,14,19)(H,16,18). The van der Waals surface area contributed by atoms with E-state index in [2.05, 4.69) is 10.9 Å². The average Bonchev–Trinajstić information content (AvgIpc) is 2.94. The first-order chi connectivity index (χ1) is 9.63. The second-order valence-corrected chi connectivity index (χ2v) is 4.50. The quantitative estimate of drug-likeness (QED) is 0.706. The van der Waals surface area contributed by atoms with Crippen molar-refractivity contribution >= 4 is 17.6 Å². The molecule has 4 N–H and O–H groups in total. The van der Waals surface area contributed by atoms with Crippen molar-refractivity contribution in [3.63, 3.8) is 0 Å². The number of nitrogens with zero attached hydrogens (tertiary/aromatic N) is 1. The molecule has 1 atom stereocenters. The van der Waals surface area contributed by atoms with Crippen LogP contribution in [0, 0.1) is 0 Å². The molecule has 7 heteroatoms. The number of carbonyl (C=O) groups excluding carboxylic acids is 2. The van der Waals surface area contributed by atoms with Crippen molar-refractivity contribution in [2.45, 2.75) is 18.9 Å². The number of primary amides is 1. The minimum atomic E-state index is -0.569. The first-order valence-corrected chi connectivity index (χ1v) is 6.38. The van der Waals surface area contributed by atoms with Gasteiger partial charge >= 0.3 is 6.03 Å². The molecule has 0 saturated carbocycles. The molecule has 1 aliphatic rings. The van der Waals surface area contributed by atoms with E-state index in [1.165, 1.54) is 4.90 Å². The summed E-state index contributed by atoms with van der Waals surface area (Å²) in [5, 5.41) is 0. The molecule has 7 nitrogen and oxygen atoms in total. The molecule has 0 spiro atoms. The summed E-state index contributed by atoms with van der Waals surface area (Å²) in [6.07, 6.45) is 1.39. The Hall–Kier alpha value is -2.44. The average molecular weight is 278 g/mol. The Morgan fingerprint density at radius 1 is 1.40 bits per heavy atom. The Bertz CT molecular complexity index is 506. The molecular weight excluding hydrogens is 260 g/mol. The van der Waals surface area contributed by atoms with E-state index >= 15 is 0 Å². The van der Waals surface area contributed by atoms with Crippen molar-refractivity contribution in [3.05, 3.63) is 24.3 Å². The summed E-state index contributed by atoms with van der Waals surface area (Å²) in [7, 11) is 1.55. The van der Waals surface area contributed by atoms with Gasteiger partial charge in [-0.15, -0.1) is 0 Å². The van der Waals surface area contributed by atoms with Crippen LogP contribution in [0.5, 0.6) is 5.75 Å². The van der Waals surface area contributed by atoms with Gasteiger partial charge in [-0.2, -0.15) is 0 Å². The fourth-order valence-electron chi connectivity index (χ4n) is 2.26. The predicted molar refractivity (Wildman–Crippen MR) is 74.1 cm³/mol. The zero-order valence-corrected chi connectivity index (χ0v) is 11.3. The van der Waals surface area contributed by atoms with Crippen LogP contribution in [0.3, 0.4) is 0 Å². The van der Waals surface area contributed by atoms with Gasteiger partial charge in [-0.1, -0.05) is 12.1 Å². The SMILES string of the molecule is COc1ccccc1NNC(=O)C1CCCN1C(N)=O. The van der Waals surface area contributed by atoms with Crippen molar-refractivity contribution < 1.29 is 14.3 Å². The first kappa shape index (κ1) is 14.0. The molecule has 1 unspecified atom stereocenters. The second kappa shape index (κ2) is 6.14. The summed E-state index contributed by atoms with van der Waals surface area (Å²) in [5.41, 5.74) is 11.3. The normalized spacial score (nSPS) is 17.6. The van der Waals surface area contributed by atoms with E-state index in [0.717, 1.165) is 6.42 Å². The van der Waals surface area contributed by atoms with Crippen LogP contribution in [-0.2, 0) is 4.79 Å². The maximum atomic E-state index is 12.1. The highest BCUT2D eigenvalue weighted by Gasteiger charge is 2.32. The number of hydrogen-bond donors (Lipinski definition) is 3. The van der Waals surface area contributed by atoms with Crippen LogP contribution in [0.25, 0.3) is 0 Å². The highest BCUT2D eigenvalue weighted by Crippen LogP contribution is 2.22. The lowest BCUT2D eigenvalue weighted by atomic mass is 10.2. The summed E-state index contributed by atoms with van der Waals surface area (Å²) >= 11 is 0. The van der Waals surface area contributed by atoms with Gasteiger partial charge in [-0.3, -0.25) is 15.6 Å². The Morgan fingerprint density at radius 3 is 2.85 bits per heavy atom. The van der Waals surface area contributed by atoms with Gasteiger partial charge < -0.3 is 15.4 Å². The van der Waals surface area contributed by atoms with Gasteiger partial charge in [0.2, 0.25) is 0 Å². The fourth-order valence-corrected chi connectivity index (χ4v) is 2.26. The van der Waals surface area contributed by atoms with Gasteiger partial charge in [0.15, 0.2) is 0 Å². The molecule has 0 radical (unpaired) electrons. The highest BCUT2D eigenvalue weighted by molar-refractivity contribution is 5.88. The van der Waals surface area contributed by atoms with Gasteiger partial charge in [-0.05, 0) is 25.0 Å². The van der Waals surface area contributed by atoms with Crippen LogP contribution in [0.2, 0.25) is 0 Å². The minimum absolute atomic E-state index is 0.285. The lowest BCUT2D eigenvalue weighted by Crippen LogP contribution is -2.49. The molecule has 1 aromatic rings. The number of carbonyl (C=O) groups is 2. The van der Waals surface area contributed by atoms with Crippen molar-refractivity contribution in [1.82, 2.24) is 10.3 Å². The Balaban J connectivity index is 1.97. The van der Waals surface area contributed by atoms with E-state index < -0.39 is 12.1 Å². The number of anilines is 1. The van der Waals surface area contributed by atoms with Crippen LogP contribution in [0.1, 0.15) is 12.8 Å². The highest BCUT2D eigenvalue weighted by atomic mass is 16.5. The van der Waals surface area contributed by atoms with E-state index in [0.29, 0.717) is 24.4 Å². The zero-order valence-electron chi connectivity index (χ0n) is 11.3. The maximum absolute atomic E-state index is 12.1. The van der Waals surface area contributed by atoms with Crippen LogP contribution in [0.15, 0.2) is 24.3 Å². The Kier molecular flexibility index (Phi) is 4.29. The number of nitrogens with one attached hydrogen (secondary N) is 2. The first-order valence-electron chi connectivity index (χ1n) is 6.38. The number of hydrogen-bond acceptors (Lipinski definition) is 4. The molecule has 1 aromatic carbocycles. The van der Waals surface area contributed by atoms with E-state index in [-0.39, 0.29) is 5.91 Å². The molecule has 0 aromatic heterocycles. The number of amides is 3. The molecule has 2 rings (SSSR count). The molecule has 1 saturated heterocycles. The number of para-hydroxylation sites is 2. The van der Waals surface area contributed by atoms with Crippen LogP contribution in [-0.4, -0.2) is 36.5 Å². The van der Waals surface area contributed by atoms with Crippen LogP contribution < -0.4 is 21.3 Å². The monoisotopic (exact) mass is 278 g/mol. The van der Waals surface area contributed by atoms with Crippen LogP contribution >= 0.6 is 0 Å². The number of urea groups is 1. The molecule has 0 aliphatic carbocycles. The van der Waals surface area contributed by atoms with Gasteiger partial charge in [0, 0.05) is 6.54 Å². The number of likely N-dealkylation sites (tertiary alicyclic amines) is 1. The molecule has 1 fully saturated rings. The summed E-state index contributed by atoms with van der Waals surface area (Å²) < 4.78 is 5.16. The summed E-state index contributed by atoms with van der Waals surface area (Å²) in [5.74, 6) is 0.332. The number of methoxy groups -OCH3 is 1. The van der Waals surface area contributed by atoms with Crippen molar-refractivity contribution in [2.24, 2.45) is 5.73 Å². The topological polar surface area (TPSA) is 96.7 Å². The predicted octanol–water partition coefficient (Wildman–Crippen LogP) is 0.681. The lowest BCUT2D eigenvalue weighted by molar-refractivity contribution is -0.124. The lowest BCUT2D eigenvalue weighted by Gasteiger charge is -2.22. The van der Waals surface area contributed by atoms with Crippen molar-refractivity contribution in [2.75, 3.05) is 19.1 Å². The van der Waals surface area contributed by atoms with Gasteiger partial charge in [-0.25, -0.2) is 4.79 Å². The molecule has 1 heterocycles. The third kappa shape index (κ3) is 2.93. The summed E-state index contributed by atoms with van der Waals surface area (Å²) in [6, 6.07) is 6.12. The maximum Gasteiger partial charge on any atom is 0.315 e. The number of ether oxygens (including phenoxy) is 1.